The quantitative estimate of drug-likeness (QED) is 0.437. The van der Waals surface area contributed by atoms with Gasteiger partial charge >= 0.3 is 6.03 Å². The summed E-state index contributed by atoms with van der Waals surface area (Å²) in [6.07, 6.45) is 0. The molecular weight excluding hydrogens is 436 g/mol. The zero-order valence-corrected chi connectivity index (χ0v) is 18.9. The minimum Gasteiger partial charge on any atom is -0.497 e. The fourth-order valence-corrected chi connectivity index (χ4v) is 4.00. The summed E-state index contributed by atoms with van der Waals surface area (Å²) in [4.78, 5) is 27.2. The van der Waals surface area contributed by atoms with E-state index in [0.29, 0.717) is 16.9 Å². The second-order valence-electron chi connectivity index (χ2n) is 8.10. The molecule has 1 saturated heterocycles. The average Bonchev–Trinajstić information content (AvgIpc) is 3.42. The Kier molecular flexibility index (Phi) is 5.16. The number of methoxy groups -OCH3 is 2. The molecule has 2 heterocycles. The number of urea groups is 1. The topological polar surface area (TPSA) is 107 Å². The van der Waals surface area contributed by atoms with Crippen molar-refractivity contribution < 1.29 is 23.5 Å². The van der Waals surface area contributed by atoms with Crippen LogP contribution in [0.4, 0.5) is 4.79 Å². The largest absolute Gasteiger partial charge is 0.497 e. The Morgan fingerprint density at radius 3 is 2.32 bits per heavy atom. The molecular formula is C25H22N4O5. The first-order valence-corrected chi connectivity index (χ1v) is 10.6. The van der Waals surface area contributed by atoms with Crippen molar-refractivity contribution in [2.75, 3.05) is 14.2 Å². The summed E-state index contributed by atoms with van der Waals surface area (Å²) < 4.78 is 16.1. The molecule has 34 heavy (non-hydrogen) atoms. The normalized spacial score (nSPS) is 17.8. The number of rotatable bonds is 6. The summed E-state index contributed by atoms with van der Waals surface area (Å²) in [6.45, 7) is 1.56. The monoisotopic (exact) mass is 458 g/mol. The summed E-state index contributed by atoms with van der Waals surface area (Å²) in [5.41, 5.74) is 0.161. The van der Waals surface area contributed by atoms with Crippen LogP contribution in [-0.4, -0.2) is 41.3 Å². The fourth-order valence-electron chi connectivity index (χ4n) is 4.00. The Bertz CT molecular complexity index is 1400. The molecule has 1 fully saturated rings. The molecule has 0 radical (unpaired) electrons. The van der Waals surface area contributed by atoms with Crippen molar-refractivity contribution in [1.29, 1.82) is 0 Å². The molecule has 3 amide bonds. The summed E-state index contributed by atoms with van der Waals surface area (Å²) in [5.74, 6) is 1.50. The van der Waals surface area contributed by atoms with Crippen LogP contribution in [0, 0.1) is 0 Å². The molecule has 0 spiro atoms. The molecule has 172 valence electrons. The Labute approximate surface area is 195 Å². The summed E-state index contributed by atoms with van der Waals surface area (Å²) in [5, 5.41) is 12.8. The van der Waals surface area contributed by atoms with Crippen LogP contribution in [-0.2, 0) is 16.9 Å². The highest BCUT2D eigenvalue weighted by Gasteiger charge is 2.49. The molecule has 0 unspecified atom stereocenters. The van der Waals surface area contributed by atoms with E-state index in [1.807, 2.05) is 36.4 Å². The SMILES string of the molecule is COc1ccc(-c2nnc(CN3C(=O)N[C@@](C)(c4ccc5cc(OC)ccc5c4)C3=O)o2)cc1. The molecule has 1 aliphatic rings. The minimum atomic E-state index is -1.22. The smallest absolute Gasteiger partial charge is 0.325 e. The first-order chi connectivity index (χ1) is 16.4. The number of benzene rings is 3. The van der Waals surface area contributed by atoms with Gasteiger partial charge in [-0.2, -0.15) is 0 Å². The Morgan fingerprint density at radius 1 is 0.912 bits per heavy atom. The lowest BCUT2D eigenvalue weighted by molar-refractivity contribution is -0.131. The van der Waals surface area contributed by atoms with Crippen molar-refractivity contribution in [2.45, 2.75) is 19.0 Å². The van der Waals surface area contributed by atoms with E-state index in [9.17, 15) is 9.59 Å². The van der Waals surface area contributed by atoms with Gasteiger partial charge in [-0.15, -0.1) is 10.2 Å². The van der Waals surface area contributed by atoms with Crippen molar-refractivity contribution >= 4 is 22.7 Å². The van der Waals surface area contributed by atoms with E-state index >= 15 is 0 Å². The molecule has 1 aromatic heterocycles. The molecule has 1 atom stereocenters. The lowest BCUT2D eigenvalue weighted by atomic mass is 9.90. The third-order valence-corrected chi connectivity index (χ3v) is 6.00. The van der Waals surface area contributed by atoms with Gasteiger partial charge in [0.05, 0.1) is 14.2 Å². The molecule has 0 saturated carbocycles. The maximum absolute atomic E-state index is 13.3. The number of hydrogen-bond acceptors (Lipinski definition) is 7. The second-order valence-corrected chi connectivity index (χ2v) is 8.10. The number of aromatic nitrogens is 2. The van der Waals surface area contributed by atoms with Crippen LogP contribution in [0.25, 0.3) is 22.2 Å². The summed E-state index contributed by atoms with van der Waals surface area (Å²) in [6, 6.07) is 17.9. The molecule has 5 rings (SSSR count). The van der Waals surface area contributed by atoms with Gasteiger partial charge in [0.1, 0.15) is 23.6 Å². The van der Waals surface area contributed by atoms with E-state index in [0.717, 1.165) is 21.4 Å². The number of hydrogen-bond donors (Lipinski definition) is 1. The molecule has 9 heteroatoms. The van der Waals surface area contributed by atoms with Gasteiger partial charge in [0.25, 0.3) is 5.91 Å². The number of nitrogens with one attached hydrogen (secondary N) is 1. The number of amides is 3. The first kappa shape index (κ1) is 21.4. The number of carbonyl (C=O) groups excluding carboxylic acids is 2. The van der Waals surface area contributed by atoms with Crippen molar-refractivity contribution in [3.63, 3.8) is 0 Å². The number of ether oxygens (including phenoxy) is 2. The molecule has 0 bridgehead atoms. The standard InChI is InChI=1S/C25H22N4O5/c1-25(18-8-4-17-13-20(33-3)11-7-16(17)12-18)23(30)29(24(31)26-25)14-21-27-28-22(34-21)15-5-9-19(32-2)10-6-15/h4-13H,14H2,1-3H3,(H,26,31)/t25-/m0/s1. The first-order valence-electron chi connectivity index (χ1n) is 10.6. The maximum Gasteiger partial charge on any atom is 0.325 e. The van der Waals surface area contributed by atoms with Crippen molar-refractivity contribution in [3.8, 4) is 23.0 Å². The van der Waals surface area contributed by atoms with Gasteiger partial charge < -0.3 is 19.2 Å². The third-order valence-electron chi connectivity index (χ3n) is 6.00. The van der Waals surface area contributed by atoms with E-state index < -0.39 is 17.5 Å². The zero-order chi connectivity index (χ0) is 23.9. The Hall–Kier alpha value is -4.40. The molecule has 9 nitrogen and oxygen atoms in total. The lowest BCUT2D eigenvalue weighted by Crippen LogP contribution is -2.40. The molecule has 0 aliphatic carbocycles. The van der Waals surface area contributed by atoms with Crippen LogP contribution < -0.4 is 14.8 Å². The summed E-state index contributed by atoms with van der Waals surface area (Å²) in [7, 11) is 3.20. The van der Waals surface area contributed by atoms with E-state index in [1.165, 1.54) is 0 Å². The van der Waals surface area contributed by atoms with Crippen LogP contribution in [0.15, 0.2) is 65.1 Å². The highest BCUT2D eigenvalue weighted by atomic mass is 16.5. The van der Waals surface area contributed by atoms with Crippen LogP contribution >= 0.6 is 0 Å². The van der Waals surface area contributed by atoms with Gasteiger partial charge in [0.15, 0.2) is 0 Å². The number of imide groups is 1. The minimum absolute atomic E-state index is 0.131. The predicted octanol–water partition coefficient (Wildman–Crippen LogP) is 3.87. The van der Waals surface area contributed by atoms with Gasteiger partial charge in [-0.25, -0.2) is 4.79 Å². The van der Waals surface area contributed by atoms with Gasteiger partial charge in [0, 0.05) is 5.56 Å². The van der Waals surface area contributed by atoms with Gasteiger partial charge in [-0.3, -0.25) is 9.69 Å². The number of carbonyl (C=O) groups is 2. The van der Waals surface area contributed by atoms with Crippen LogP contribution in [0.2, 0.25) is 0 Å². The Balaban J connectivity index is 1.38. The molecule has 1 N–H and O–H groups in total. The van der Waals surface area contributed by atoms with E-state index in [2.05, 4.69) is 15.5 Å². The average molecular weight is 458 g/mol. The molecule has 4 aromatic rings. The summed E-state index contributed by atoms with van der Waals surface area (Å²) >= 11 is 0. The number of nitrogens with zero attached hydrogens (tertiary/aromatic N) is 3. The predicted molar refractivity (Wildman–Crippen MR) is 123 cm³/mol. The van der Waals surface area contributed by atoms with Gasteiger partial charge in [-0.1, -0.05) is 18.2 Å². The lowest BCUT2D eigenvalue weighted by Gasteiger charge is -2.22. The van der Waals surface area contributed by atoms with Crippen molar-refractivity contribution in [1.82, 2.24) is 20.4 Å². The number of fused-ring (bicyclic) bond motifs is 1. The van der Waals surface area contributed by atoms with Crippen LogP contribution in [0.5, 0.6) is 11.5 Å². The van der Waals surface area contributed by atoms with Crippen molar-refractivity contribution in [2.24, 2.45) is 0 Å². The van der Waals surface area contributed by atoms with Gasteiger partial charge in [0.2, 0.25) is 11.8 Å². The zero-order valence-electron chi connectivity index (χ0n) is 18.9. The van der Waals surface area contributed by atoms with Crippen molar-refractivity contribution in [3.05, 3.63) is 72.1 Å². The maximum atomic E-state index is 13.3. The molecule has 1 aliphatic heterocycles. The van der Waals surface area contributed by atoms with E-state index in [-0.39, 0.29) is 18.3 Å². The fraction of sp³-hybridized carbons (Fsp3) is 0.200. The Morgan fingerprint density at radius 2 is 1.59 bits per heavy atom. The highest BCUT2D eigenvalue weighted by Crippen LogP contribution is 2.33. The highest BCUT2D eigenvalue weighted by molar-refractivity contribution is 6.07. The second kappa shape index (κ2) is 8.18. The third kappa shape index (κ3) is 3.61. The van der Waals surface area contributed by atoms with E-state index in [1.54, 1.807) is 45.4 Å². The molecule has 3 aromatic carbocycles. The van der Waals surface area contributed by atoms with Crippen LogP contribution in [0.1, 0.15) is 18.4 Å². The van der Waals surface area contributed by atoms with Gasteiger partial charge in [-0.05, 0) is 65.7 Å². The van der Waals surface area contributed by atoms with Crippen LogP contribution in [0.3, 0.4) is 0 Å². The van der Waals surface area contributed by atoms with E-state index in [4.69, 9.17) is 13.9 Å².